The lowest BCUT2D eigenvalue weighted by Crippen LogP contribution is -2.51. The van der Waals surface area contributed by atoms with Crippen molar-refractivity contribution in [2.45, 2.75) is 64.1 Å². The second kappa shape index (κ2) is 11.3. The summed E-state index contributed by atoms with van der Waals surface area (Å²) in [5.74, 6) is -0.213. The molecular formula is C36H41N3O3. The Bertz CT molecular complexity index is 1580. The standard InChI is InChI=1S/C36H41N3O3/c1-36(2,3)42-35(41)38-20-19-30(27-14-10-13-26(21-27)25-11-6-5-7-12-25)32(24-38)34(40)39(29-17-18-29)23-28-22-37(4)33-16-9-8-15-31(28)33/h5-16,21-22,29-30,32H,17-20,23-24H2,1-4H3/t30-,32+/m1/s1. The van der Waals surface area contributed by atoms with Crippen LogP contribution in [-0.2, 0) is 23.1 Å². The Morgan fingerprint density at radius 2 is 1.62 bits per heavy atom. The molecule has 0 N–H and O–H groups in total. The minimum Gasteiger partial charge on any atom is -0.444 e. The van der Waals surface area contributed by atoms with Gasteiger partial charge in [-0.15, -0.1) is 0 Å². The Morgan fingerprint density at radius 1 is 0.905 bits per heavy atom. The van der Waals surface area contributed by atoms with E-state index in [0.29, 0.717) is 26.1 Å². The molecule has 6 heteroatoms. The van der Waals surface area contributed by atoms with Crippen molar-refractivity contribution in [1.82, 2.24) is 14.4 Å². The summed E-state index contributed by atoms with van der Waals surface area (Å²) in [6.07, 6.45) is 4.56. The van der Waals surface area contributed by atoms with E-state index in [4.69, 9.17) is 4.74 Å². The first-order valence-corrected chi connectivity index (χ1v) is 15.1. The summed E-state index contributed by atoms with van der Waals surface area (Å²) >= 11 is 0. The van der Waals surface area contributed by atoms with Gasteiger partial charge in [-0.25, -0.2) is 4.79 Å². The van der Waals surface area contributed by atoms with Crippen LogP contribution in [0.4, 0.5) is 4.79 Å². The monoisotopic (exact) mass is 563 g/mol. The molecule has 3 aromatic carbocycles. The molecule has 218 valence electrons. The third-order valence-corrected chi connectivity index (χ3v) is 8.59. The molecule has 1 aromatic heterocycles. The van der Waals surface area contributed by atoms with Crippen LogP contribution in [0.25, 0.3) is 22.0 Å². The van der Waals surface area contributed by atoms with E-state index in [1.165, 1.54) is 10.9 Å². The van der Waals surface area contributed by atoms with Gasteiger partial charge in [-0.05, 0) is 74.3 Å². The highest BCUT2D eigenvalue weighted by Crippen LogP contribution is 2.39. The SMILES string of the molecule is Cn1cc(CN(C(=O)[C@H]2CN(C(=O)OC(C)(C)C)CC[C@@H]2c2cccc(-c3ccccc3)c2)C2CC2)c2ccccc21. The molecule has 2 heterocycles. The van der Waals surface area contributed by atoms with Crippen molar-refractivity contribution in [3.05, 3.63) is 96.2 Å². The van der Waals surface area contributed by atoms with Gasteiger partial charge in [0.05, 0.1) is 5.92 Å². The topological polar surface area (TPSA) is 54.8 Å². The molecule has 2 aliphatic rings. The molecule has 2 fully saturated rings. The number of carbonyl (C=O) groups is 2. The van der Waals surface area contributed by atoms with Crippen LogP contribution in [0, 0.1) is 5.92 Å². The summed E-state index contributed by atoms with van der Waals surface area (Å²) in [6, 6.07) is 27.6. The maximum absolute atomic E-state index is 14.7. The number of hydrogen-bond acceptors (Lipinski definition) is 3. The van der Waals surface area contributed by atoms with E-state index >= 15 is 0 Å². The van der Waals surface area contributed by atoms with E-state index in [2.05, 4.69) is 95.5 Å². The lowest BCUT2D eigenvalue weighted by molar-refractivity contribution is -0.139. The van der Waals surface area contributed by atoms with Crippen molar-refractivity contribution >= 4 is 22.9 Å². The third kappa shape index (κ3) is 5.94. The smallest absolute Gasteiger partial charge is 0.410 e. The Labute approximate surface area is 248 Å². The van der Waals surface area contributed by atoms with Gasteiger partial charge in [0.15, 0.2) is 0 Å². The maximum Gasteiger partial charge on any atom is 0.410 e. The van der Waals surface area contributed by atoms with Crippen molar-refractivity contribution in [2.75, 3.05) is 13.1 Å². The van der Waals surface area contributed by atoms with Crippen LogP contribution in [0.3, 0.4) is 0 Å². The van der Waals surface area contributed by atoms with Gasteiger partial charge >= 0.3 is 6.09 Å². The summed E-state index contributed by atoms with van der Waals surface area (Å²) in [4.78, 5) is 31.7. The van der Waals surface area contributed by atoms with Crippen molar-refractivity contribution < 1.29 is 14.3 Å². The second-order valence-corrected chi connectivity index (χ2v) is 12.9. The zero-order valence-electron chi connectivity index (χ0n) is 25.1. The van der Waals surface area contributed by atoms with Crippen molar-refractivity contribution in [3.63, 3.8) is 0 Å². The van der Waals surface area contributed by atoms with Crippen LogP contribution in [0.5, 0.6) is 0 Å². The highest BCUT2D eigenvalue weighted by molar-refractivity contribution is 5.86. The molecule has 42 heavy (non-hydrogen) atoms. The number of rotatable bonds is 6. The number of nitrogens with zero attached hydrogens (tertiary/aromatic N) is 3. The molecule has 4 aromatic rings. The number of fused-ring (bicyclic) bond motifs is 1. The molecular weight excluding hydrogens is 522 g/mol. The van der Waals surface area contributed by atoms with Gasteiger partial charge in [-0.1, -0.05) is 72.8 Å². The number of ether oxygens (including phenoxy) is 1. The Balaban J connectivity index is 1.33. The minimum absolute atomic E-state index is 0.00798. The molecule has 2 amide bonds. The first-order chi connectivity index (χ1) is 20.2. The average molecular weight is 564 g/mol. The fourth-order valence-electron chi connectivity index (χ4n) is 6.39. The van der Waals surface area contributed by atoms with E-state index in [0.717, 1.165) is 35.1 Å². The number of piperidine rings is 1. The van der Waals surface area contributed by atoms with Crippen LogP contribution in [0.2, 0.25) is 0 Å². The molecule has 6 nitrogen and oxygen atoms in total. The number of amides is 2. The summed E-state index contributed by atoms with van der Waals surface area (Å²) < 4.78 is 7.89. The van der Waals surface area contributed by atoms with E-state index in [1.54, 1.807) is 4.90 Å². The number of aryl methyl sites for hydroxylation is 1. The van der Waals surface area contributed by atoms with Gasteiger partial charge in [0, 0.05) is 49.8 Å². The normalized spacial score (nSPS) is 19.1. The van der Waals surface area contributed by atoms with E-state index in [1.807, 2.05) is 26.8 Å². The molecule has 0 bridgehead atoms. The van der Waals surface area contributed by atoms with Crippen molar-refractivity contribution in [2.24, 2.45) is 13.0 Å². The molecule has 1 aliphatic heterocycles. The number of likely N-dealkylation sites (tertiary alicyclic amines) is 1. The summed E-state index contributed by atoms with van der Waals surface area (Å²) in [5.41, 5.74) is 5.19. The Kier molecular flexibility index (Phi) is 7.56. The van der Waals surface area contributed by atoms with Gasteiger partial charge in [-0.3, -0.25) is 4.79 Å². The number of aromatic nitrogens is 1. The van der Waals surface area contributed by atoms with Gasteiger partial charge < -0.3 is 19.1 Å². The lowest BCUT2D eigenvalue weighted by atomic mass is 9.79. The molecule has 1 aliphatic carbocycles. The van der Waals surface area contributed by atoms with Gasteiger partial charge in [0.25, 0.3) is 0 Å². The summed E-state index contributed by atoms with van der Waals surface area (Å²) in [7, 11) is 2.06. The Hall–Kier alpha value is -4.06. The Morgan fingerprint density at radius 3 is 2.36 bits per heavy atom. The van der Waals surface area contributed by atoms with Crippen molar-refractivity contribution in [3.8, 4) is 11.1 Å². The molecule has 6 rings (SSSR count). The lowest BCUT2D eigenvalue weighted by Gasteiger charge is -2.40. The van der Waals surface area contributed by atoms with Crippen LogP contribution >= 0.6 is 0 Å². The van der Waals surface area contributed by atoms with Crippen molar-refractivity contribution in [1.29, 1.82) is 0 Å². The predicted octanol–water partition coefficient (Wildman–Crippen LogP) is 7.38. The van der Waals surface area contributed by atoms with E-state index in [-0.39, 0.29) is 29.9 Å². The van der Waals surface area contributed by atoms with Crippen LogP contribution in [0.15, 0.2) is 85.1 Å². The number of para-hydroxylation sites is 1. The number of carbonyl (C=O) groups excluding carboxylic acids is 2. The quantitative estimate of drug-likeness (QED) is 0.246. The molecule has 0 radical (unpaired) electrons. The minimum atomic E-state index is -0.591. The predicted molar refractivity (Wildman–Crippen MR) is 167 cm³/mol. The van der Waals surface area contributed by atoms with Gasteiger partial charge in [-0.2, -0.15) is 0 Å². The molecule has 2 atom stereocenters. The molecule has 0 unspecified atom stereocenters. The molecule has 1 saturated heterocycles. The second-order valence-electron chi connectivity index (χ2n) is 12.9. The average Bonchev–Trinajstić information content (AvgIpc) is 3.78. The fourth-order valence-corrected chi connectivity index (χ4v) is 6.39. The van der Waals surface area contributed by atoms with Gasteiger partial charge in [0.1, 0.15) is 5.60 Å². The fraction of sp³-hybridized carbons (Fsp3) is 0.389. The van der Waals surface area contributed by atoms with Gasteiger partial charge in [0.2, 0.25) is 5.91 Å². The summed E-state index contributed by atoms with van der Waals surface area (Å²) in [6.45, 7) is 7.14. The van der Waals surface area contributed by atoms with Crippen LogP contribution in [0.1, 0.15) is 57.1 Å². The number of benzene rings is 3. The first kappa shape index (κ1) is 28.1. The summed E-state index contributed by atoms with van der Waals surface area (Å²) in [5, 5.41) is 1.18. The third-order valence-electron chi connectivity index (χ3n) is 8.59. The highest BCUT2D eigenvalue weighted by Gasteiger charge is 2.43. The largest absolute Gasteiger partial charge is 0.444 e. The zero-order valence-corrected chi connectivity index (χ0v) is 25.1. The van der Waals surface area contributed by atoms with E-state index in [9.17, 15) is 9.59 Å². The zero-order chi connectivity index (χ0) is 29.4. The molecule has 0 spiro atoms. The van der Waals surface area contributed by atoms with Crippen LogP contribution < -0.4 is 0 Å². The number of hydrogen-bond donors (Lipinski definition) is 0. The first-order valence-electron chi connectivity index (χ1n) is 15.1. The van der Waals surface area contributed by atoms with E-state index < -0.39 is 5.60 Å². The molecule has 1 saturated carbocycles. The highest BCUT2D eigenvalue weighted by atomic mass is 16.6. The van der Waals surface area contributed by atoms with Crippen LogP contribution in [-0.4, -0.2) is 51.1 Å². The maximum atomic E-state index is 14.7.